The largest absolute Gasteiger partial charge is 0.380 e. The van der Waals surface area contributed by atoms with Gasteiger partial charge in [-0.15, -0.1) is 0 Å². The van der Waals surface area contributed by atoms with E-state index in [1.807, 2.05) is 48.5 Å². The van der Waals surface area contributed by atoms with E-state index in [1.54, 1.807) is 31.3 Å². The van der Waals surface area contributed by atoms with Crippen LogP contribution in [-0.4, -0.2) is 60.5 Å². The first-order chi connectivity index (χ1) is 16.1. The van der Waals surface area contributed by atoms with Crippen LogP contribution in [0.5, 0.6) is 0 Å². The number of methoxy groups -OCH3 is 1. The monoisotopic (exact) mass is 446 g/mol. The van der Waals surface area contributed by atoms with Gasteiger partial charge in [0.05, 0.1) is 31.1 Å². The van der Waals surface area contributed by atoms with Crippen LogP contribution in [0.25, 0.3) is 11.3 Å². The summed E-state index contributed by atoms with van der Waals surface area (Å²) < 4.78 is 11.1. The van der Waals surface area contributed by atoms with E-state index in [1.165, 1.54) is 0 Å². The van der Waals surface area contributed by atoms with Crippen LogP contribution in [-0.2, 0) is 16.1 Å². The number of ether oxygens (including phenoxy) is 2. The van der Waals surface area contributed by atoms with Gasteiger partial charge in [-0.05, 0) is 42.0 Å². The molecule has 0 aliphatic carbocycles. The highest BCUT2D eigenvalue weighted by Gasteiger charge is 2.27. The van der Waals surface area contributed by atoms with Crippen LogP contribution in [0, 0.1) is 0 Å². The average Bonchev–Trinajstić information content (AvgIpc) is 2.89. The summed E-state index contributed by atoms with van der Waals surface area (Å²) >= 11 is 0. The van der Waals surface area contributed by atoms with E-state index in [9.17, 15) is 9.59 Å². The number of nitrogens with zero attached hydrogens (tertiary/aromatic N) is 3. The van der Waals surface area contributed by atoms with E-state index < -0.39 is 0 Å². The molecule has 0 unspecified atom stereocenters. The predicted octanol–water partition coefficient (Wildman–Crippen LogP) is 2.86. The molecule has 1 fully saturated rings. The van der Waals surface area contributed by atoms with Crippen molar-refractivity contribution in [2.24, 2.45) is 0 Å². The molecule has 1 aliphatic heterocycles. The van der Waals surface area contributed by atoms with Crippen LogP contribution in [0.1, 0.15) is 38.2 Å². The van der Waals surface area contributed by atoms with Crippen molar-refractivity contribution in [3.63, 3.8) is 0 Å². The molecule has 1 atom stereocenters. The molecule has 8 heteroatoms. The molecule has 1 N–H and O–H groups in total. The third kappa shape index (κ3) is 5.24. The minimum atomic E-state index is -0.325. The molecule has 1 saturated heterocycles. The summed E-state index contributed by atoms with van der Waals surface area (Å²) in [4.78, 5) is 35.5. The van der Waals surface area contributed by atoms with Gasteiger partial charge in [0.1, 0.15) is 11.8 Å². The highest BCUT2D eigenvalue weighted by atomic mass is 16.5. The van der Waals surface area contributed by atoms with Crippen LogP contribution < -0.4 is 5.32 Å². The van der Waals surface area contributed by atoms with Crippen LogP contribution in [0.15, 0.2) is 60.8 Å². The van der Waals surface area contributed by atoms with Gasteiger partial charge in [0.15, 0.2) is 0 Å². The van der Waals surface area contributed by atoms with Gasteiger partial charge >= 0.3 is 0 Å². The number of carbonyl (C=O) groups excluding carboxylic acids is 2. The van der Waals surface area contributed by atoms with E-state index in [-0.39, 0.29) is 17.9 Å². The van der Waals surface area contributed by atoms with Crippen molar-refractivity contribution in [2.75, 3.05) is 33.9 Å². The smallest absolute Gasteiger partial charge is 0.269 e. The van der Waals surface area contributed by atoms with Gasteiger partial charge in [-0.1, -0.05) is 18.2 Å². The second-order valence-corrected chi connectivity index (χ2v) is 7.70. The standard InChI is InChI=1S/C25H26N4O4/c1-26-24(30)22-11-10-19(14-27-22)20-4-3-5-21(28-20)23-15-29(12-13-33-23)25(31)18-8-6-17(7-9-18)16-32-2/h3-11,14,23H,12-13,15-16H2,1-2H3,(H,26,30)/t23-/m1/s1. The van der Waals surface area contributed by atoms with E-state index in [4.69, 9.17) is 14.5 Å². The number of rotatable bonds is 6. The van der Waals surface area contributed by atoms with Crippen molar-refractivity contribution in [2.45, 2.75) is 12.7 Å². The van der Waals surface area contributed by atoms with Crippen molar-refractivity contribution >= 4 is 11.8 Å². The Balaban J connectivity index is 1.48. The van der Waals surface area contributed by atoms with Crippen molar-refractivity contribution in [3.05, 3.63) is 83.3 Å². The molecular weight excluding hydrogens is 420 g/mol. The highest BCUT2D eigenvalue weighted by molar-refractivity contribution is 5.94. The summed E-state index contributed by atoms with van der Waals surface area (Å²) in [7, 11) is 3.21. The number of amides is 2. The normalized spacial score (nSPS) is 15.8. The van der Waals surface area contributed by atoms with Gasteiger partial charge in [0, 0.05) is 38.0 Å². The summed E-state index contributed by atoms with van der Waals surface area (Å²) in [6, 6.07) is 16.6. The van der Waals surface area contributed by atoms with Crippen molar-refractivity contribution in [3.8, 4) is 11.3 Å². The van der Waals surface area contributed by atoms with E-state index in [2.05, 4.69) is 10.3 Å². The quantitative estimate of drug-likeness (QED) is 0.626. The Hall–Kier alpha value is -3.62. The molecule has 1 aromatic carbocycles. The number of nitrogens with one attached hydrogen (secondary N) is 1. The molecule has 1 aliphatic rings. The molecular formula is C25H26N4O4. The summed E-state index contributed by atoms with van der Waals surface area (Å²) in [6.45, 7) is 1.90. The fourth-order valence-corrected chi connectivity index (χ4v) is 3.70. The molecule has 3 heterocycles. The number of hydrogen-bond acceptors (Lipinski definition) is 6. The first-order valence-corrected chi connectivity index (χ1v) is 10.7. The van der Waals surface area contributed by atoms with Crippen molar-refractivity contribution in [1.29, 1.82) is 0 Å². The number of pyridine rings is 2. The molecule has 4 rings (SSSR count). The molecule has 0 spiro atoms. The molecule has 0 radical (unpaired) electrons. The Labute approximate surface area is 192 Å². The number of aromatic nitrogens is 2. The SMILES string of the molecule is CNC(=O)c1ccc(-c2cccc([C@H]3CN(C(=O)c4ccc(COC)cc4)CCO3)n2)cn1. The molecule has 2 aromatic heterocycles. The van der Waals surface area contributed by atoms with Crippen LogP contribution in [0.2, 0.25) is 0 Å². The molecule has 0 bridgehead atoms. The second-order valence-electron chi connectivity index (χ2n) is 7.70. The maximum Gasteiger partial charge on any atom is 0.269 e. The molecule has 170 valence electrons. The Morgan fingerprint density at radius 3 is 2.67 bits per heavy atom. The third-order valence-corrected chi connectivity index (χ3v) is 5.49. The predicted molar refractivity (Wildman–Crippen MR) is 123 cm³/mol. The van der Waals surface area contributed by atoms with Gasteiger partial charge in [-0.2, -0.15) is 0 Å². The van der Waals surface area contributed by atoms with Crippen molar-refractivity contribution in [1.82, 2.24) is 20.2 Å². The summed E-state index contributed by atoms with van der Waals surface area (Å²) in [5.41, 5.74) is 4.27. The molecule has 2 amide bonds. The number of hydrogen-bond donors (Lipinski definition) is 1. The zero-order valence-electron chi connectivity index (χ0n) is 18.7. The molecule has 8 nitrogen and oxygen atoms in total. The maximum absolute atomic E-state index is 13.0. The lowest BCUT2D eigenvalue weighted by Gasteiger charge is -2.33. The fraction of sp³-hybridized carbons (Fsp3) is 0.280. The lowest BCUT2D eigenvalue weighted by Crippen LogP contribution is -2.42. The van der Waals surface area contributed by atoms with Gasteiger partial charge in [0.25, 0.3) is 11.8 Å². The fourth-order valence-electron chi connectivity index (χ4n) is 3.70. The number of carbonyl (C=O) groups is 2. The summed E-state index contributed by atoms with van der Waals surface area (Å²) in [6.07, 6.45) is 1.30. The summed E-state index contributed by atoms with van der Waals surface area (Å²) in [5.74, 6) is -0.269. The van der Waals surface area contributed by atoms with Crippen LogP contribution >= 0.6 is 0 Å². The van der Waals surface area contributed by atoms with E-state index in [0.29, 0.717) is 37.6 Å². The second kappa shape index (κ2) is 10.3. The summed E-state index contributed by atoms with van der Waals surface area (Å²) in [5, 5.41) is 2.55. The van der Waals surface area contributed by atoms with Crippen molar-refractivity contribution < 1.29 is 19.1 Å². The van der Waals surface area contributed by atoms with Gasteiger partial charge < -0.3 is 19.7 Å². The van der Waals surface area contributed by atoms with Crippen LogP contribution in [0.4, 0.5) is 0 Å². The Kier molecular flexibility index (Phi) is 7.07. The van der Waals surface area contributed by atoms with Crippen LogP contribution in [0.3, 0.4) is 0 Å². The molecule has 33 heavy (non-hydrogen) atoms. The van der Waals surface area contributed by atoms with E-state index >= 15 is 0 Å². The van der Waals surface area contributed by atoms with E-state index in [0.717, 1.165) is 22.5 Å². The van der Waals surface area contributed by atoms with Gasteiger partial charge in [-0.25, -0.2) is 4.98 Å². The number of benzene rings is 1. The Morgan fingerprint density at radius 2 is 1.97 bits per heavy atom. The Bertz CT molecular complexity index is 1120. The minimum Gasteiger partial charge on any atom is -0.380 e. The highest BCUT2D eigenvalue weighted by Crippen LogP contribution is 2.25. The average molecular weight is 447 g/mol. The first kappa shape index (κ1) is 22.6. The molecule has 0 saturated carbocycles. The third-order valence-electron chi connectivity index (χ3n) is 5.49. The lowest BCUT2D eigenvalue weighted by molar-refractivity contribution is -0.0246. The zero-order chi connectivity index (χ0) is 23.2. The zero-order valence-corrected chi connectivity index (χ0v) is 18.7. The lowest BCUT2D eigenvalue weighted by atomic mass is 10.1. The maximum atomic E-state index is 13.0. The number of morpholine rings is 1. The minimum absolute atomic E-state index is 0.0302. The first-order valence-electron chi connectivity index (χ1n) is 10.7. The van der Waals surface area contributed by atoms with Gasteiger partial charge in [0.2, 0.25) is 0 Å². The molecule has 3 aromatic rings. The van der Waals surface area contributed by atoms with Gasteiger partial charge in [-0.3, -0.25) is 14.6 Å². The Morgan fingerprint density at radius 1 is 1.15 bits per heavy atom. The topological polar surface area (TPSA) is 93.7 Å².